The number of hydrogen-bond acceptors (Lipinski definition) is 5. The maximum absolute atomic E-state index is 11.3. The molecule has 1 saturated heterocycles. The number of nitro benzene ring substituents is 1. The average Bonchev–Trinajstić information content (AvgIpc) is 2.89. The molecule has 1 N–H and O–H groups in total. The molecule has 1 aromatic rings. The van der Waals surface area contributed by atoms with Crippen molar-refractivity contribution in [2.75, 3.05) is 24.7 Å². The third kappa shape index (κ3) is 2.97. The van der Waals surface area contributed by atoms with Gasteiger partial charge in [0.15, 0.2) is 0 Å². The van der Waals surface area contributed by atoms with Crippen molar-refractivity contribution in [1.29, 1.82) is 0 Å². The number of aliphatic carboxylic acids is 1. The summed E-state index contributed by atoms with van der Waals surface area (Å²) in [4.78, 5) is 23.8. The summed E-state index contributed by atoms with van der Waals surface area (Å²) in [5.74, 6) is -1.61. The monoisotopic (exact) mass is 294 g/mol. The van der Waals surface area contributed by atoms with Crippen LogP contribution in [0.25, 0.3) is 0 Å². The lowest BCUT2D eigenvalue weighted by atomic mass is 10.0. The number of likely N-dealkylation sites (N-methyl/N-ethyl adjacent to an activating group) is 1. The summed E-state index contributed by atoms with van der Waals surface area (Å²) in [5, 5.41) is 20.5. The molecule has 0 saturated carbocycles. The lowest BCUT2D eigenvalue weighted by Crippen LogP contribution is -2.43. The van der Waals surface area contributed by atoms with Gasteiger partial charge in [-0.05, 0) is 25.5 Å². The van der Waals surface area contributed by atoms with Crippen molar-refractivity contribution in [3.8, 4) is 0 Å². The first-order valence-electron chi connectivity index (χ1n) is 6.78. The molecular formula is C14H18N2O5. The molecule has 2 atom stereocenters. The van der Waals surface area contributed by atoms with Crippen LogP contribution in [0.5, 0.6) is 0 Å². The van der Waals surface area contributed by atoms with E-state index >= 15 is 0 Å². The summed E-state index contributed by atoms with van der Waals surface area (Å²) >= 11 is 0. The van der Waals surface area contributed by atoms with Crippen molar-refractivity contribution in [2.24, 2.45) is 5.92 Å². The predicted octanol–water partition coefficient (Wildman–Crippen LogP) is 1.83. The largest absolute Gasteiger partial charge is 0.481 e. The summed E-state index contributed by atoms with van der Waals surface area (Å²) in [7, 11) is 0. The number of benzene rings is 1. The van der Waals surface area contributed by atoms with Gasteiger partial charge in [0.2, 0.25) is 0 Å². The van der Waals surface area contributed by atoms with Crippen molar-refractivity contribution in [3.63, 3.8) is 0 Å². The third-order valence-electron chi connectivity index (χ3n) is 3.75. The van der Waals surface area contributed by atoms with Gasteiger partial charge in [0, 0.05) is 12.6 Å². The zero-order valence-electron chi connectivity index (χ0n) is 12.0. The van der Waals surface area contributed by atoms with Crippen LogP contribution in [-0.2, 0) is 9.53 Å². The highest BCUT2D eigenvalue weighted by molar-refractivity contribution is 5.74. The lowest BCUT2D eigenvalue weighted by molar-refractivity contribution is -0.384. The van der Waals surface area contributed by atoms with E-state index in [1.54, 1.807) is 17.0 Å². The van der Waals surface area contributed by atoms with Crippen molar-refractivity contribution in [3.05, 3.63) is 33.9 Å². The van der Waals surface area contributed by atoms with Gasteiger partial charge in [0.25, 0.3) is 5.69 Å². The summed E-state index contributed by atoms with van der Waals surface area (Å²) < 4.78 is 5.27. The normalized spacial score (nSPS) is 21.2. The standard InChI is InChI=1S/C14H18N2O5/c1-3-15(13-8-21-7-10(13)14(17)18)12-6-9(2)4-5-11(12)16(19)20/h4-6,10,13H,3,7-8H2,1-2H3,(H,17,18). The second-order valence-corrected chi connectivity index (χ2v) is 5.08. The van der Waals surface area contributed by atoms with Crippen LogP contribution >= 0.6 is 0 Å². The van der Waals surface area contributed by atoms with E-state index in [-0.39, 0.29) is 18.9 Å². The molecule has 0 bridgehead atoms. The number of rotatable bonds is 5. The van der Waals surface area contributed by atoms with Crippen LogP contribution in [0.3, 0.4) is 0 Å². The second-order valence-electron chi connectivity index (χ2n) is 5.08. The number of hydrogen-bond donors (Lipinski definition) is 1. The van der Waals surface area contributed by atoms with Gasteiger partial charge in [-0.15, -0.1) is 0 Å². The first kappa shape index (κ1) is 15.2. The van der Waals surface area contributed by atoms with Crippen molar-refractivity contribution < 1.29 is 19.6 Å². The van der Waals surface area contributed by atoms with Crippen LogP contribution < -0.4 is 4.90 Å². The minimum atomic E-state index is -0.939. The summed E-state index contributed by atoms with van der Waals surface area (Å²) in [6, 6.07) is 4.46. The Balaban J connectivity index is 2.44. The van der Waals surface area contributed by atoms with E-state index in [1.165, 1.54) is 6.07 Å². The molecule has 114 valence electrons. The highest BCUT2D eigenvalue weighted by atomic mass is 16.6. The Hall–Kier alpha value is -2.15. The summed E-state index contributed by atoms with van der Waals surface area (Å²) in [6.07, 6.45) is 0. The molecule has 1 fully saturated rings. The number of aryl methyl sites for hydroxylation is 1. The SMILES string of the molecule is CCN(c1cc(C)ccc1[N+](=O)[O-])C1COCC1C(=O)O. The molecule has 2 rings (SSSR count). The van der Waals surface area contributed by atoms with Crippen LogP contribution in [0.4, 0.5) is 11.4 Å². The molecule has 0 spiro atoms. The fourth-order valence-electron chi connectivity index (χ4n) is 2.69. The Bertz CT molecular complexity index is 560. The molecule has 1 aliphatic rings. The predicted molar refractivity (Wildman–Crippen MR) is 76.6 cm³/mol. The van der Waals surface area contributed by atoms with E-state index in [1.807, 2.05) is 13.8 Å². The first-order chi connectivity index (χ1) is 9.95. The van der Waals surface area contributed by atoms with Crippen LogP contribution in [-0.4, -0.2) is 41.8 Å². The van der Waals surface area contributed by atoms with Crippen LogP contribution in [0.15, 0.2) is 18.2 Å². The number of nitro groups is 1. The van der Waals surface area contributed by atoms with Gasteiger partial charge < -0.3 is 14.7 Å². The van der Waals surface area contributed by atoms with Gasteiger partial charge in [-0.3, -0.25) is 14.9 Å². The molecule has 0 radical (unpaired) electrons. The number of carboxylic acid groups (broad SMARTS) is 1. The zero-order valence-corrected chi connectivity index (χ0v) is 12.0. The highest BCUT2D eigenvalue weighted by Crippen LogP contribution is 2.33. The molecule has 7 heteroatoms. The Labute approximate surface area is 122 Å². The maximum atomic E-state index is 11.3. The topological polar surface area (TPSA) is 92.9 Å². The summed E-state index contributed by atoms with van der Waals surface area (Å²) in [5.41, 5.74) is 1.32. The number of nitrogens with zero attached hydrogens (tertiary/aromatic N) is 2. The van der Waals surface area contributed by atoms with E-state index in [0.29, 0.717) is 12.2 Å². The minimum absolute atomic E-state index is 0.0153. The zero-order chi connectivity index (χ0) is 15.6. The fraction of sp³-hybridized carbons (Fsp3) is 0.500. The van der Waals surface area contributed by atoms with Crippen molar-refractivity contribution >= 4 is 17.3 Å². The second kappa shape index (κ2) is 6.09. The van der Waals surface area contributed by atoms with Crippen LogP contribution in [0.1, 0.15) is 12.5 Å². The first-order valence-corrected chi connectivity index (χ1v) is 6.78. The molecule has 1 aromatic carbocycles. The van der Waals surface area contributed by atoms with E-state index in [2.05, 4.69) is 0 Å². The molecule has 2 unspecified atom stereocenters. The molecule has 0 aromatic heterocycles. The number of anilines is 1. The van der Waals surface area contributed by atoms with Gasteiger partial charge in [-0.25, -0.2) is 0 Å². The molecule has 0 amide bonds. The Kier molecular flexibility index (Phi) is 4.42. The van der Waals surface area contributed by atoms with Crippen molar-refractivity contribution in [2.45, 2.75) is 19.9 Å². The highest BCUT2D eigenvalue weighted by Gasteiger charge is 2.39. The lowest BCUT2D eigenvalue weighted by Gasteiger charge is -2.31. The summed E-state index contributed by atoms with van der Waals surface area (Å²) in [6.45, 7) is 4.57. The molecule has 7 nitrogen and oxygen atoms in total. The van der Waals surface area contributed by atoms with Crippen LogP contribution in [0.2, 0.25) is 0 Å². The molecule has 0 aliphatic carbocycles. The van der Waals surface area contributed by atoms with E-state index in [9.17, 15) is 20.0 Å². The minimum Gasteiger partial charge on any atom is -0.481 e. The molecule has 21 heavy (non-hydrogen) atoms. The maximum Gasteiger partial charge on any atom is 0.311 e. The van der Waals surface area contributed by atoms with E-state index in [0.717, 1.165) is 5.56 Å². The van der Waals surface area contributed by atoms with Gasteiger partial charge in [-0.2, -0.15) is 0 Å². The van der Waals surface area contributed by atoms with E-state index in [4.69, 9.17) is 4.74 Å². The third-order valence-corrected chi connectivity index (χ3v) is 3.75. The number of ether oxygens (including phenoxy) is 1. The van der Waals surface area contributed by atoms with Gasteiger partial charge in [0.1, 0.15) is 11.6 Å². The van der Waals surface area contributed by atoms with Gasteiger partial charge in [-0.1, -0.05) is 6.07 Å². The smallest absolute Gasteiger partial charge is 0.311 e. The van der Waals surface area contributed by atoms with Crippen molar-refractivity contribution in [1.82, 2.24) is 0 Å². The van der Waals surface area contributed by atoms with Gasteiger partial charge >= 0.3 is 5.97 Å². The van der Waals surface area contributed by atoms with Gasteiger partial charge in [0.05, 0.1) is 24.2 Å². The van der Waals surface area contributed by atoms with E-state index < -0.39 is 22.9 Å². The quantitative estimate of drug-likeness (QED) is 0.658. The molecular weight excluding hydrogens is 276 g/mol. The Morgan fingerprint density at radius 2 is 2.24 bits per heavy atom. The fourth-order valence-corrected chi connectivity index (χ4v) is 2.69. The average molecular weight is 294 g/mol. The number of carbonyl (C=O) groups is 1. The Morgan fingerprint density at radius 1 is 1.52 bits per heavy atom. The molecule has 1 aliphatic heterocycles. The van der Waals surface area contributed by atoms with Crippen LogP contribution in [0, 0.1) is 23.0 Å². The molecule has 1 heterocycles. The Morgan fingerprint density at radius 3 is 2.81 bits per heavy atom. The number of carboxylic acids is 1.